The molecular weight excluding hydrogens is 236 g/mol. The maximum absolute atomic E-state index is 6.06. The highest BCUT2D eigenvalue weighted by atomic mass is 35.5. The Morgan fingerprint density at radius 3 is 3.00 bits per heavy atom. The summed E-state index contributed by atoms with van der Waals surface area (Å²) >= 11 is 6.06. The zero-order valence-electron chi connectivity index (χ0n) is 9.06. The fraction of sp³-hybridized carbons (Fsp3) is 0.154. The SMILES string of the molecule is Clc1cccnc1NC1COc2ccccc21. The van der Waals surface area contributed by atoms with Crippen molar-refractivity contribution in [3.05, 3.63) is 53.2 Å². The van der Waals surface area contributed by atoms with Crippen molar-refractivity contribution in [1.82, 2.24) is 4.98 Å². The lowest BCUT2D eigenvalue weighted by molar-refractivity contribution is 0.339. The molecule has 86 valence electrons. The van der Waals surface area contributed by atoms with Crippen LogP contribution in [0.15, 0.2) is 42.6 Å². The number of nitrogens with one attached hydrogen (secondary N) is 1. The molecule has 0 amide bonds. The van der Waals surface area contributed by atoms with E-state index in [1.165, 1.54) is 0 Å². The number of halogens is 1. The quantitative estimate of drug-likeness (QED) is 0.883. The van der Waals surface area contributed by atoms with E-state index in [2.05, 4.69) is 16.4 Å². The lowest BCUT2D eigenvalue weighted by atomic mass is 10.1. The second-order valence-corrected chi connectivity index (χ2v) is 4.29. The number of pyridine rings is 1. The molecule has 2 heterocycles. The van der Waals surface area contributed by atoms with Crippen LogP contribution in [0.25, 0.3) is 0 Å². The van der Waals surface area contributed by atoms with Gasteiger partial charge in [0.15, 0.2) is 0 Å². The van der Waals surface area contributed by atoms with Gasteiger partial charge in [-0.25, -0.2) is 4.98 Å². The summed E-state index contributed by atoms with van der Waals surface area (Å²) in [5.41, 5.74) is 1.15. The molecule has 3 nitrogen and oxygen atoms in total. The van der Waals surface area contributed by atoms with E-state index in [1.807, 2.05) is 30.3 Å². The second-order valence-electron chi connectivity index (χ2n) is 3.88. The molecule has 0 radical (unpaired) electrons. The monoisotopic (exact) mass is 246 g/mol. The van der Waals surface area contributed by atoms with Crippen LogP contribution >= 0.6 is 11.6 Å². The first-order chi connectivity index (χ1) is 8.34. The predicted molar refractivity (Wildman–Crippen MR) is 67.5 cm³/mol. The number of benzene rings is 1. The summed E-state index contributed by atoms with van der Waals surface area (Å²) in [5.74, 6) is 1.62. The van der Waals surface area contributed by atoms with Gasteiger partial charge in [-0.05, 0) is 18.2 Å². The summed E-state index contributed by atoms with van der Waals surface area (Å²) in [7, 11) is 0. The van der Waals surface area contributed by atoms with Gasteiger partial charge in [0.05, 0.1) is 11.1 Å². The van der Waals surface area contributed by atoms with Crippen molar-refractivity contribution in [2.75, 3.05) is 11.9 Å². The van der Waals surface area contributed by atoms with Crippen molar-refractivity contribution in [2.24, 2.45) is 0 Å². The van der Waals surface area contributed by atoms with Crippen LogP contribution in [0.5, 0.6) is 5.75 Å². The Hall–Kier alpha value is -1.74. The number of fused-ring (bicyclic) bond motifs is 1. The molecule has 3 rings (SSSR count). The minimum absolute atomic E-state index is 0.110. The van der Waals surface area contributed by atoms with Crippen molar-refractivity contribution in [3.8, 4) is 5.75 Å². The van der Waals surface area contributed by atoms with E-state index < -0.39 is 0 Å². The van der Waals surface area contributed by atoms with E-state index in [4.69, 9.17) is 16.3 Å². The molecule has 17 heavy (non-hydrogen) atoms. The first-order valence-corrected chi connectivity index (χ1v) is 5.81. The molecule has 0 aliphatic carbocycles. The third-order valence-corrected chi connectivity index (χ3v) is 3.07. The van der Waals surface area contributed by atoms with Crippen LogP contribution in [0, 0.1) is 0 Å². The standard InChI is InChI=1S/C13H11ClN2O/c14-10-5-3-7-15-13(10)16-11-8-17-12-6-2-1-4-9(11)12/h1-7,11H,8H2,(H,15,16). The van der Waals surface area contributed by atoms with E-state index in [-0.39, 0.29) is 6.04 Å². The molecule has 1 aliphatic heterocycles. The average molecular weight is 247 g/mol. The summed E-state index contributed by atoms with van der Waals surface area (Å²) in [6.07, 6.45) is 1.72. The average Bonchev–Trinajstić information content (AvgIpc) is 2.76. The number of nitrogens with zero attached hydrogens (tertiary/aromatic N) is 1. The van der Waals surface area contributed by atoms with Gasteiger partial charge in [-0.1, -0.05) is 29.8 Å². The number of rotatable bonds is 2. The number of hydrogen-bond donors (Lipinski definition) is 1. The molecule has 1 aromatic heterocycles. The van der Waals surface area contributed by atoms with Crippen molar-refractivity contribution >= 4 is 17.4 Å². The number of ether oxygens (including phenoxy) is 1. The molecule has 0 spiro atoms. The lowest BCUT2D eigenvalue weighted by Gasteiger charge is -2.13. The van der Waals surface area contributed by atoms with Crippen LogP contribution in [0.3, 0.4) is 0 Å². The molecule has 4 heteroatoms. The van der Waals surface area contributed by atoms with E-state index in [1.54, 1.807) is 6.20 Å². The minimum Gasteiger partial charge on any atom is -0.491 e. The van der Waals surface area contributed by atoms with Gasteiger partial charge in [-0.3, -0.25) is 0 Å². The van der Waals surface area contributed by atoms with Crippen LogP contribution in [0.2, 0.25) is 5.02 Å². The first kappa shape index (κ1) is 10.4. The summed E-state index contributed by atoms with van der Waals surface area (Å²) in [4.78, 5) is 4.22. The summed E-state index contributed by atoms with van der Waals surface area (Å²) in [5, 5.41) is 3.92. The van der Waals surface area contributed by atoms with Gasteiger partial charge in [0.25, 0.3) is 0 Å². The normalized spacial score (nSPS) is 17.4. The third-order valence-electron chi connectivity index (χ3n) is 2.77. The molecule has 0 bridgehead atoms. The molecule has 1 unspecified atom stereocenters. The highest BCUT2D eigenvalue weighted by Gasteiger charge is 2.24. The Morgan fingerprint density at radius 1 is 1.24 bits per heavy atom. The molecule has 1 aromatic carbocycles. The van der Waals surface area contributed by atoms with Gasteiger partial charge >= 0.3 is 0 Å². The maximum atomic E-state index is 6.06. The fourth-order valence-corrected chi connectivity index (χ4v) is 2.12. The lowest BCUT2D eigenvalue weighted by Crippen LogP contribution is -2.13. The highest BCUT2D eigenvalue weighted by molar-refractivity contribution is 6.32. The molecule has 2 aromatic rings. The zero-order valence-corrected chi connectivity index (χ0v) is 9.82. The molecule has 0 fully saturated rings. The molecule has 0 saturated carbocycles. The van der Waals surface area contributed by atoms with Gasteiger partial charge < -0.3 is 10.1 Å². The van der Waals surface area contributed by atoms with Crippen LogP contribution in [-0.2, 0) is 0 Å². The van der Waals surface area contributed by atoms with Crippen LogP contribution in [0.1, 0.15) is 11.6 Å². The summed E-state index contributed by atoms with van der Waals surface area (Å²) in [6, 6.07) is 11.7. The number of aromatic nitrogens is 1. The van der Waals surface area contributed by atoms with E-state index in [0.717, 1.165) is 11.3 Å². The van der Waals surface area contributed by atoms with Crippen molar-refractivity contribution in [2.45, 2.75) is 6.04 Å². The third kappa shape index (κ3) is 1.94. The fourth-order valence-electron chi connectivity index (χ4n) is 1.94. The highest BCUT2D eigenvalue weighted by Crippen LogP contribution is 2.34. The molecule has 1 atom stereocenters. The van der Waals surface area contributed by atoms with Crippen LogP contribution < -0.4 is 10.1 Å². The van der Waals surface area contributed by atoms with Crippen LogP contribution in [0.4, 0.5) is 5.82 Å². The van der Waals surface area contributed by atoms with E-state index in [0.29, 0.717) is 17.4 Å². The van der Waals surface area contributed by atoms with Crippen molar-refractivity contribution in [3.63, 3.8) is 0 Å². The number of hydrogen-bond acceptors (Lipinski definition) is 3. The molecule has 1 N–H and O–H groups in total. The molecule has 1 aliphatic rings. The Bertz CT molecular complexity index is 544. The predicted octanol–water partition coefficient (Wildman–Crippen LogP) is 3.28. The minimum atomic E-state index is 0.110. The topological polar surface area (TPSA) is 34.2 Å². The van der Waals surface area contributed by atoms with Crippen molar-refractivity contribution < 1.29 is 4.74 Å². The van der Waals surface area contributed by atoms with Crippen molar-refractivity contribution in [1.29, 1.82) is 0 Å². The van der Waals surface area contributed by atoms with Crippen LogP contribution in [-0.4, -0.2) is 11.6 Å². The Balaban J connectivity index is 1.87. The summed E-state index contributed by atoms with van der Waals surface area (Å²) in [6.45, 7) is 0.603. The smallest absolute Gasteiger partial charge is 0.145 e. The maximum Gasteiger partial charge on any atom is 0.145 e. The largest absolute Gasteiger partial charge is 0.491 e. The molecular formula is C13H11ClN2O. The Labute approximate surface area is 104 Å². The van der Waals surface area contributed by atoms with Gasteiger partial charge in [-0.15, -0.1) is 0 Å². The Morgan fingerprint density at radius 2 is 2.12 bits per heavy atom. The van der Waals surface area contributed by atoms with Gasteiger partial charge in [0.1, 0.15) is 18.2 Å². The second kappa shape index (κ2) is 4.26. The van der Waals surface area contributed by atoms with Gasteiger partial charge in [0.2, 0.25) is 0 Å². The number of anilines is 1. The number of para-hydroxylation sites is 1. The Kier molecular flexibility index (Phi) is 2.61. The summed E-state index contributed by atoms with van der Waals surface area (Å²) < 4.78 is 5.59. The van der Waals surface area contributed by atoms with Gasteiger partial charge in [0, 0.05) is 11.8 Å². The first-order valence-electron chi connectivity index (χ1n) is 5.43. The molecule has 0 saturated heterocycles. The van der Waals surface area contributed by atoms with Gasteiger partial charge in [-0.2, -0.15) is 0 Å². The van der Waals surface area contributed by atoms with E-state index in [9.17, 15) is 0 Å². The van der Waals surface area contributed by atoms with E-state index >= 15 is 0 Å². The zero-order chi connectivity index (χ0) is 11.7.